The number of rotatable bonds is 10. The molecule has 3 heterocycles. The van der Waals surface area contributed by atoms with Crippen LogP contribution >= 0.6 is 11.8 Å². The average Bonchev–Trinajstić information content (AvgIpc) is 3.49. The molecule has 220 valence electrons. The zero-order valence-corrected chi connectivity index (χ0v) is 25.1. The number of anilines is 1. The number of fused-ring (bicyclic) bond motifs is 1. The van der Waals surface area contributed by atoms with Crippen molar-refractivity contribution in [3.8, 4) is 5.75 Å². The molecule has 2 unspecified atom stereocenters. The van der Waals surface area contributed by atoms with E-state index in [2.05, 4.69) is 31.4 Å². The summed E-state index contributed by atoms with van der Waals surface area (Å²) in [6.07, 6.45) is 7.36. The van der Waals surface area contributed by atoms with Crippen LogP contribution in [0, 0.1) is 17.8 Å². The zero-order chi connectivity index (χ0) is 28.7. The van der Waals surface area contributed by atoms with Crippen molar-refractivity contribution in [2.45, 2.75) is 107 Å². The molecule has 8 nitrogen and oxygen atoms in total. The van der Waals surface area contributed by atoms with Crippen LogP contribution in [0.15, 0.2) is 24.3 Å². The fraction of sp³-hybridized carbons (Fsp3) is 0.710. The van der Waals surface area contributed by atoms with Gasteiger partial charge in [0.15, 0.2) is 0 Å². The molecule has 1 aromatic rings. The van der Waals surface area contributed by atoms with Gasteiger partial charge in [-0.15, -0.1) is 11.8 Å². The minimum Gasteiger partial charge on any atom is -0.494 e. The number of aliphatic hydroxyl groups excluding tert-OH is 1. The molecule has 2 bridgehead atoms. The summed E-state index contributed by atoms with van der Waals surface area (Å²) in [4.78, 5) is 44.2. The Morgan fingerprint density at radius 2 is 1.82 bits per heavy atom. The molecule has 1 aromatic carbocycles. The average molecular weight is 572 g/mol. The smallest absolute Gasteiger partial charge is 0.244 e. The number of hydrogen-bond acceptors (Lipinski definition) is 6. The van der Waals surface area contributed by atoms with Crippen LogP contribution in [0.4, 0.5) is 5.69 Å². The summed E-state index contributed by atoms with van der Waals surface area (Å²) >= 11 is 1.67. The van der Waals surface area contributed by atoms with Crippen LogP contribution in [-0.4, -0.2) is 68.6 Å². The van der Waals surface area contributed by atoms with E-state index < -0.39 is 33.4 Å². The number of ether oxygens (including phenoxy) is 1. The number of aliphatic hydroxyl groups is 1. The normalized spacial score (nSPS) is 32.3. The van der Waals surface area contributed by atoms with Gasteiger partial charge in [-0.1, -0.05) is 33.1 Å². The standard InChI is InChI=1S/C31H45N3O5S/c1-5-39-23-13-11-21(12-14-23)32-27(36)24-25-29(38)34(22(18-35)17-19(2)3)26(31(25)16-15-30(24,4)40-31)28(37)33-20-9-7-6-8-10-20/h11-14,19-20,22,24-26,35H,5-10,15-18H2,1-4H3,(H,32,36)(H,33,37)/t22-,24+,25+,26?,30-,31?/m1/s1. The fourth-order valence-corrected chi connectivity index (χ4v) is 10.2. The highest BCUT2D eigenvalue weighted by atomic mass is 32.2. The second kappa shape index (κ2) is 11.6. The third-order valence-electron chi connectivity index (χ3n) is 9.48. The van der Waals surface area contributed by atoms with Crippen LogP contribution < -0.4 is 15.4 Å². The van der Waals surface area contributed by atoms with Crippen molar-refractivity contribution < 1.29 is 24.2 Å². The van der Waals surface area contributed by atoms with Crippen LogP contribution in [0.1, 0.15) is 79.1 Å². The molecule has 0 radical (unpaired) electrons. The lowest BCUT2D eigenvalue weighted by Crippen LogP contribution is -2.58. The van der Waals surface area contributed by atoms with Gasteiger partial charge in [-0.3, -0.25) is 14.4 Å². The maximum atomic E-state index is 14.4. The summed E-state index contributed by atoms with van der Waals surface area (Å²) in [5, 5.41) is 16.8. The molecule has 3 aliphatic heterocycles. The molecule has 6 atom stereocenters. The van der Waals surface area contributed by atoms with Crippen LogP contribution in [-0.2, 0) is 14.4 Å². The van der Waals surface area contributed by atoms with Gasteiger partial charge in [-0.05, 0) is 76.1 Å². The van der Waals surface area contributed by atoms with Crippen molar-refractivity contribution in [3.05, 3.63) is 24.3 Å². The van der Waals surface area contributed by atoms with Crippen molar-refractivity contribution in [3.63, 3.8) is 0 Å². The SMILES string of the molecule is CCOc1ccc(NC(=O)[C@@H]2[C@H]3C(=O)N([C@@H](CO)CC(C)C)C(C(=O)NC4CCCCC4)C34CC[C@@]2(C)S4)cc1. The third-order valence-corrected chi connectivity index (χ3v) is 11.5. The highest BCUT2D eigenvalue weighted by Gasteiger charge is 2.77. The first-order valence-corrected chi connectivity index (χ1v) is 15.9. The highest BCUT2D eigenvalue weighted by Crippen LogP contribution is 2.71. The zero-order valence-electron chi connectivity index (χ0n) is 24.3. The summed E-state index contributed by atoms with van der Waals surface area (Å²) in [5.74, 6) is -0.668. The molecule has 3 N–H and O–H groups in total. The van der Waals surface area contributed by atoms with E-state index in [1.807, 2.05) is 31.2 Å². The number of benzene rings is 1. The Balaban J connectivity index is 1.47. The van der Waals surface area contributed by atoms with Gasteiger partial charge >= 0.3 is 0 Å². The number of nitrogens with zero attached hydrogens (tertiary/aromatic N) is 1. The lowest BCUT2D eigenvalue weighted by Gasteiger charge is -2.38. The van der Waals surface area contributed by atoms with Crippen LogP contribution in [0.25, 0.3) is 0 Å². The van der Waals surface area contributed by atoms with Gasteiger partial charge in [0.2, 0.25) is 17.7 Å². The van der Waals surface area contributed by atoms with E-state index in [4.69, 9.17) is 4.74 Å². The minimum atomic E-state index is -0.696. The number of likely N-dealkylation sites (tertiary alicyclic amines) is 1. The molecule has 3 saturated heterocycles. The monoisotopic (exact) mass is 571 g/mol. The van der Waals surface area contributed by atoms with E-state index in [0.717, 1.165) is 37.9 Å². The molecule has 40 heavy (non-hydrogen) atoms. The Kier molecular flexibility index (Phi) is 8.44. The first kappa shape index (κ1) is 29.2. The van der Waals surface area contributed by atoms with E-state index in [1.165, 1.54) is 6.42 Å². The number of hydrogen-bond donors (Lipinski definition) is 3. The van der Waals surface area contributed by atoms with Gasteiger partial charge in [0, 0.05) is 16.5 Å². The number of carbonyl (C=O) groups is 3. The van der Waals surface area contributed by atoms with E-state index >= 15 is 0 Å². The second-order valence-electron chi connectivity index (χ2n) is 12.7. The summed E-state index contributed by atoms with van der Waals surface area (Å²) in [6, 6.07) is 6.23. The Labute approximate surface area is 242 Å². The molecule has 5 rings (SSSR count). The van der Waals surface area contributed by atoms with Gasteiger partial charge in [-0.25, -0.2) is 0 Å². The first-order chi connectivity index (χ1) is 19.1. The van der Waals surface area contributed by atoms with Gasteiger partial charge in [0.1, 0.15) is 11.8 Å². The molecule has 0 aromatic heterocycles. The van der Waals surface area contributed by atoms with Crippen molar-refractivity contribution in [2.24, 2.45) is 17.8 Å². The number of nitrogens with one attached hydrogen (secondary N) is 2. The Morgan fingerprint density at radius 1 is 1.12 bits per heavy atom. The number of amides is 3. The number of thioether (sulfide) groups is 1. The van der Waals surface area contributed by atoms with E-state index in [1.54, 1.807) is 16.7 Å². The van der Waals surface area contributed by atoms with Gasteiger partial charge in [-0.2, -0.15) is 0 Å². The van der Waals surface area contributed by atoms with E-state index in [0.29, 0.717) is 25.1 Å². The lowest BCUT2D eigenvalue weighted by atomic mass is 9.66. The Bertz CT molecular complexity index is 1110. The van der Waals surface area contributed by atoms with Crippen molar-refractivity contribution >= 4 is 35.2 Å². The third kappa shape index (κ3) is 5.13. The number of carbonyl (C=O) groups excluding carboxylic acids is 3. The van der Waals surface area contributed by atoms with E-state index in [-0.39, 0.29) is 36.3 Å². The molecule has 4 aliphatic rings. The first-order valence-electron chi connectivity index (χ1n) is 15.1. The predicted molar refractivity (Wildman–Crippen MR) is 157 cm³/mol. The van der Waals surface area contributed by atoms with Crippen LogP contribution in [0.2, 0.25) is 0 Å². The summed E-state index contributed by atoms with van der Waals surface area (Å²) in [5.41, 5.74) is 0.654. The summed E-state index contributed by atoms with van der Waals surface area (Å²) in [6.45, 7) is 8.49. The molecule has 1 saturated carbocycles. The molecular weight excluding hydrogens is 526 g/mol. The fourth-order valence-electron chi connectivity index (χ4n) is 7.83. The second-order valence-corrected chi connectivity index (χ2v) is 14.6. The van der Waals surface area contributed by atoms with Gasteiger partial charge in [0.05, 0.1) is 35.8 Å². The molecule has 3 amide bonds. The topological polar surface area (TPSA) is 108 Å². The maximum Gasteiger partial charge on any atom is 0.244 e. The Morgan fingerprint density at radius 3 is 2.45 bits per heavy atom. The minimum absolute atomic E-state index is 0.115. The molecule has 1 aliphatic carbocycles. The molecule has 4 fully saturated rings. The van der Waals surface area contributed by atoms with Crippen molar-refractivity contribution in [1.29, 1.82) is 0 Å². The maximum absolute atomic E-state index is 14.4. The van der Waals surface area contributed by atoms with Crippen molar-refractivity contribution in [1.82, 2.24) is 10.2 Å². The van der Waals surface area contributed by atoms with Crippen LogP contribution in [0.3, 0.4) is 0 Å². The van der Waals surface area contributed by atoms with Gasteiger partial charge < -0.3 is 25.4 Å². The lowest BCUT2D eigenvalue weighted by molar-refractivity contribution is -0.143. The quantitative estimate of drug-likeness (QED) is 0.385. The highest BCUT2D eigenvalue weighted by molar-refractivity contribution is 8.02. The largest absolute Gasteiger partial charge is 0.494 e. The van der Waals surface area contributed by atoms with Gasteiger partial charge in [0.25, 0.3) is 0 Å². The molecule has 1 spiro atoms. The Hall–Kier alpha value is -2.26. The van der Waals surface area contributed by atoms with Crippen LogP contribution in [0.5, 0.6) is 5.75 Å². The molecule has 9 heteroatoms. The molecular formula is C31H45N3O5S. The van der Waals surface area contributed by atoms with Crippen molar-refractivity contribution in [2.75, 3.05) is 18.5 Å². The predicted octanol–water partition coefficient (Wildman–Crippen LogP) is 4.36. The summed E-state index contributed by atoms with van der Waals surface area (Å²) < 4.78 is 4.40. The van der Waals surface area contributed by atoms with E-state index in [9.17, 15) is 19.5 Å². The summed E-state index contributed by atoms with van der Waals surface area (Å²) in [7, 11) is 0.